The molecule has 39 heavy (non-hydrogen) atoms. The molecule has 0 saturated carbocycles. The number of methoxy groups -OCH3 is 1. The summed E-state index contributed by atoms with van der Waals surface area (Å²) in [4.78, 5) is 2.52. The van der Waals surface area contributed by atoms with Crippen LogP contribution in [0.25, 0.3) is 0 Å². The molecule has 0 bridgehead atoms. The van der Waals surface area contributed by atoms with E-state index in [0.717, 1.165) is 59.5 Å². The van der Waals surface area contributed by atoms with Gasteiger partial charge in [0.05, 0.1) is 25.0 Å². The van der Waals surface area contributed by atoms with Gasteiger partial charge in [-0.05, 0) is 24.1 Å². The van der Waals surface area contributed by atoms with Gasteiger partial charge >= 0.3 is 0 Å². The molecule has 204 valence electrons. The van der Waals surface area contributed by atoms with Gasteiger partial charge in [0, 0.05) is 37.9 Å². The predicted octanol–water partition coefficient (Wildman–Crippen LogP) is 5.67. The normalized spacial score (nSPS) is 17.6. The van der Waals surface area contributed by atoms with E-state index in [4.69, 9.17) is 23.7 Å². The molecule has 0 radical (unpaired) electrons. The fourth-order valence-corrected chi connectivity index (χ4v) is 5.62. The number of unbranched alkanes of at least 4 members (excludes halogenated alkanes) is 1. The fourth-order valence-electron chi connectivity index (χ4n) is 5.62. The van der Waals surface area contributed by atoms with Crippen molar-refractivity contribution in [2.45, 2.75) is 25.9 Å². The van der Waals surface area contributed by atoms with E-state index < -0.39 is 0 Å². The quantitative estimate of drug-likeness (QED) is 0.339. The van der Waals surface area contributed by atoms with Crippen LogP contribution in [0.1, 0.15) is 31.5 Å². The Morgan fingerprint density at radius 1 is 0.872 bits per heavy atom. The average molecular weight is 531 g/mol. The first-order valence-corrected chi connectivity index (χ1v) is 13.6. The molecule has 0 spiro atoms. The average Bonchev–Trinajstić information content (AvgIpc) is 3.71. The van der Waals surface area contributed by atoms with Crippen molar-refractivity contribution >= 4 is 11.4 Å². The lowest BCUT2D eigenvalue weighted by Crippen LogP contribution is -2.44. The van der Waals surface area contributed by atoms with E-state index in [1.54, 1.807) is 7.11 Å². The van der Waals surface area contributed by atoms with Gasteiger partial charge in [-0.2, -0.15) is 0 Å². The second kappa shape index (κ2) is 10.7. The Labute approximate surface area is 229 Å². The summed E-state index contributed by atoms with van der Waals surface area (Å²) in [5.41, 5.74) is 5.74. The zero-order chi connectivity index (χ0) is 26.8. The molecule has 0 saturated heterocycles. The van der Waals surface area contributed by atoms with Crippen molar-refractivity contribution in [1.82, 2.24) is 14.7 Å². The molecule has 0 fully saturated rings. The number of nitrogens with one attached hydrogen (secondary N) is 1. The molecule has 3 aliphatic rings. The van der Waals surface area contributed by atoms with Crippen molar-refractivity contribution in [1.29, 1.82) is 0 Å². The zero-order valence-corrected chi connectivity index (χ0v) is 22.8. The Hall–Kier alpha value is -3.88. The molecule has 1 N–H and O–H groups in total. The van der Waals surface area contributed by atoms with Crippen LogP contribution in [0.15, 0.2) is 78.1 Å². The number of quaternary nitrogens is 1. The summed E-state index contributed by atoms with van der Waals surface area (Å²) in [6, 6.07) is 23.1. The van der Waals surface area contributed by atoms with Crippen LogP contribution in [0.3, 0.4) is 0 Å². The van der Waals surface area contributed by atoms with E-state index in [-0.39, 0.29) is 19.8 Å². The van der Waals surface area contributed by atoms with Gasteiger partial charge in [-0.15, -0.1) is 0 Å². The third kappa shape index (κ3) is 4.75. The van der Waals surface area contributed by atoms with Crippen LogP contribution >= 0.6 is 0 Å². The van der Waals surface area contributed by atoms with Gasteiger partial charge in [-0.3, -0.25) is 4.48 Å². The molecule has 3 heterocycles. The molecule has 1 atom stereocenters. The minimum Gasteiger partial charge on any atom is -0.454 e. The maximum atomic E-state index is 5.79. The van der Waals surface area contributed by atoms with E-state index in [1.165, 1.54) is 11.3 Å². The topological polar surface area (TPSA) is 61.4 Å². The molecule has 6 rings (SSSR count). The summed E-state index contributed by atoms with van der Waals surface area (Å²) in [5, 5.41) is 3.81. The van der Waals surface area contributed by atoms with Crippen molar-refractivity contribution in [3.8, 4) is 23.0 Å². The molecule has 0 amide bonds. The first-order valence-electron chi connectivity index (χ1n) is 13.6. The predicted molar refractivity (Wildman–Crippen MR) is 150 cm³/mol. The molecule has 0 aliphatic carbocycles. The summed E-state index contributed by atoms with van der Waals surface area (Å²) >= 11 is 0. The third-order valence-electron chi connectivity index (χ3n) is 7.79. The van der Waals surface area contributed by atoms with E-state index in [1.807, 2.05) is 12.1 Å². The van der Waals surface area contributed by atoms with Crippen LogP contribution in [-0.2, 0) is 4.74 Å². The zero-order valence-electron chi connectivity index (χ0n) is 22.8. The number of hydrogen-bond donors (Lipinski definition) is 1. The molecule has 8 nitrogen and oxygen atoms in total. The van der Waals surface area contributed by atoms with Crippen molar-refractivity contribution in [2.75, 3.05) is 47.4 Å². The molecule has 3 aromatic carbocycles. The van der Waals surface area contributed by atoms with Crippen molar-refractivity contribution < 1.29 is 23.7 Å². The molecular formula is C31H36N3O5+. The second-order valence-electron chi connectivity index (χ2n) is 10.3. The number of rotatable bonds is 10. The van der Waals surface area contributed by atoms with Crippen molar-refractivity contribution in [3.05, 3.63) is 83.7 Å². The number of ether oxygens (including phenoxy) is 5. The first kappa shape index (κ1) is 25.4. The van der Waals surface area contributed by atoms with E-state index in [2.05, 4.69) is 78.8 Å². The summed E-state index contributed by atoms with van der Waals surface area (Å²) in [5.74, 6) is 3.06. The SMILES string of the molecule is CCCCN1C(C[N+](C)(c2ccc3c(c2)OCO3)c2ccc3c(c2)OCO3)=C(COC)NC1c1ccccc1. The summed E-state index contributed by atoms with van der Waals surface area (Å²) in [7, 11) is 3.99. The summed E-state index contributed by atoms with van der Waals surface area (Å²) in [6.07, 6.45) is 2.24. The lowest BCUT2D eigenvalue weighted by Gasteiger charge is -2.37. The molecule has 3 aliphatic heterocycles. The minimum atomic E-state index is 0.0415. The Bertz CT molecular complexity index is 1300. The smallest absolute Gasteiger partial charge is 0.231 e. The van der Waals surface area contributed by atoms with Gasteiger partial charge in [-0.25, -0.2) is 0 Å². The number of hydrogen-bond acceptors (Lipinski definition) is 7. The fraction of sp³-hybridized carbons (Fsp3) is 0.355. The highest BCUT2D eigenvalue weighted by atomic mass is 16.7. The number of benzene rings is 3. The molecule has 1 unspecified atom stereocenters. The van der Waals surface area contributed by atoms with Gasteiger partial charge in [0.15, 0.2) is 23.0 Å². The lowest BCUT2D eigenvalue weighted by molar-refractivity contribution is 0.173. The third-order valence-corrected chi connectivity index (χ3v) is 7.79. The van der Waals surface area contributed by atoms with Gasteiger partial charge in [0.1, 0.15) is 24.1 Å². The van der Waals surface area contributed by atoms with Gasteiger partial charge in [0.25, 0.3) is 0 Å². The highest BCUT2D eigenvalue weighted by Crippen LogP contribution is 2.45. The molecule has 0 aromatic heterocycles. The molecule has 3 aromatic rings. The highest BCUT2D eigenvalue weighted by molar-refractivity contribution is 5.66. The molecular weight excluding hydrogens is 494 g/mol. The van der Waals surface area contributed by atoms with Crippen LogP contribution in [-0.4, -0.2) is 52.3 Å². The Morgan fingerprint density at radius 3 is 2.08 bits per heavy atom. The summed E-state index contributed by atoms with van der Waals surface area (Å²) in [6.45, 7) is 4.85. The van der Waals surface area contributed by atoms with Crippen LogP contribution in [0.2, 0.25) is 0 Å². The van der Waals surface area contributed by atoms with Crippen molar-refractivity contribution in [3.63, 3.8) is 0 Å². The number of likely N-dealkylation sites (N-methyl/N-ethyl adjacent to an activating group) is 1. The first-order chi connectivity index (χ1) is 19.1. The minimum absolute atomic E-state index is 0.0415. The lowest BCUT2D eigenvalue weighted by atomic mass is 10.1. The maximum Gasteiger partial charge on any atom is 0.231 e. The maximum absolute atomic E-state index is 5.79. The largest absolute Gasteiger partial charge is 0.454 e. The van der Waals surface area contributed by atoms with Gasteiger partial charge in [0.2, 0.25) is 13.6 Å². The van der Waals surface area contributed by atoms with Crippen molar-refractivity contribution in [2.24, 2.45) is 0 Å². The van der Waals surface area contributed by atoms with E-state index in [0.29, 0.717) is 17.6 Å². The van der Waals surface area contributed by atoms with E-state index >= 15 is 0 Å². The number of fused-ring (bicyclic) bond motifs is 2. The Kier molecular flexibility index (Phi) is 6.97. The van der Waals surface area contributed by atoms with Crippen LogP contribution in [0, 0.1) is 0 Å². The number of nitrogens with zero attached hydrogens (tertiary/aromatic N) is 2. The van der Waals surface area contributed by atoms with Crippen LogP contribution in [0.5, 0.6) is 23.0 Å². The highest BCUT2D eigenvalue weighted by Gasteiger charge is 2.40. The molecule has 8 heteroatoms. The van der Waals surface area contributed by atoms with Crippen LogP contribution < -0.4 is 28.7 Å². The Balaban J connectivity index is 1.45. The van der Waals surface area contributed by atoms with Crippen LogP contribution in [0.4, 0.5) is 11.4 Å². The second-order valence-corrected chi connectivity index (χ2v) is 10.3. The van der Waals surface area contributed by atoms with Gasteiger partial charge in [-0.1, -0.05) is 43.7 Å². The summed E-state index contributed by atoms with van der Waals surface area (Å²) < 4.78 is 29.0. The standard InChI is InChI=1S/C31H36N3O5/c1-4-5-15-33-26(25(19-35-3)32-31(33)22-9-7-6-8-10-22)18-34(2,23-11-13-27-29(16-23)38-20-36-27)24-12-14-28-30(17-24)39-21-37-28/h6-14,16-17,31-32H,4-5,15,18-21H2,1-3H3/q+1. The monoisotopic (exact) mass is 530 g/mol. The van der Waals surface area contributed by atoms with E-state index in [9.17, 15) is 0 Å². The Morgan fingerprint density at radius 2 is 1.49 bits per heavy atom. The van der Waals surface area contributed by atoms with Gasteiger partial charge < -0.3 is 33.9 Å².